The molecule has 7 heteroatoms. The smallest absolute Gasteiger partial charge is 0.245 e. The average Bonchev–Trinajstić information content (AvgIpc) is 2.86. The molecule has 156 valence electrons. The molecule has 0 radical (unpaired) electrons. The van der Waals surface area contributed by atoms with Gasteiger partial charge in [-0.25, -0.2) is 0 Å². The predicted octanol–water partition coefficient (Wildman–Crippen LogP) is 1.77. The second-order valence-corrected chi connectivity index (χ2v) is 8.47. The molecule has 1 N–H and O–H groups in total. The summed E-state index contributed by atoms with van der Waals surface area (Å²) in [4.78, 5) is 41.7. The highest BCUT2D eigenvalue weighted by Gasteiger charge is 2.44. The molecule has 7 nitrogen and oxygen atoms in total. The maximum absolute atomic E-state index is 12.9. The van der Waals surface area contributed by atoms with Crippen LogP contribution in [0.15, 0.2) is 24.3 Å². The fraction of sp³-hybridized carbons (Fsp3) is 0.591. The number of hydrogen-bond acceptors (Lipinski definition) is 5. The van der Waals surface area contributed by atoms with Crippen molar-refractivity contribution >= 4 is 17.6 Å². The third kappa shape index (κ3) is 3.88. The van der Waals surface area contributed by atoms with Gasteiger partial charge in [-0.2, -0.15) is 0 Å². The molecule has 0 aliphatic carbocycles. The average molecular weight is 400 g/mol. The topological polar surface area (TPSA) is 87.2 Å². The number of hydrogen-bond donors (Lipinski definition) is 1. The SMILES string of the molecule is C[C@H](C(=O)N1CCC[C@H](O)C1)N1CC[C@]2(CCC1=O)CC(=O)c1ccccc1O2. The number of ketones is 1. The van der Waals surface area contributed by atoms with Crippen LogP contribution in [0.3, 0.4) is 0 Å². The highest BCUT2D eigenvalue weighted by atomic mass is 16.5. The molecule has 2 saturated heterocycles. The van der Waals surface area contributed by atoms with E-state index < -0.39 is 17.7 Å². The van der Waals surface area contributed by atoms with E-state index in [-0.39, 0.29) is 30.4 Å². The van der Waals surface area contributed by atoms with Crippen molar-refractivity contribution in [1.29, 1.82) is 0 Å². The number of piperidine rings is 1. The molecular weight excluding hydrogens is 372 g/mol. The molecule has 2 fully saturated rings. The van der Waals surface area contributed by atoms with E-state index >= 15 is 0 Å². The minimum atomic E-state index is -0.695. The quantitative estimate of drug-likeness (QED) is 0.818. The summed E-state index contributed by atoms with van der Waals surface area (Å²) < 4.78 is 6.25. The molecule has 1 aromatic carbocycles. The summed E-state index contributed by atoms with van der Waals surface area (Å²) in [5.74, 6) is 0.407. The van der Waals surface area contributed by atoms with Gasteiger partial charge in [0.05, 0.1) is 18.1 Å². The van der Waals surface area contributed by atoms with Crippen LogP contribution >= 0.6 is 0 Å². The lowest BCUT2D eigenvalue weighted by Gasteiger charge is -2.38. The number of aliphatic hydroxyl groups excluding tert-OH is 1. The van der Waals surface area contributed by atoms with Crippen LogP contribution in [0.1, 0.15) is 55.8 Å². The molecule has 3 atom stereocenters. The Kier molecular flexibility index (Phi) is 5.34. The molecule has 3 aliphatic rings. The van der Waals surface area contributed by atoms with Crippen molar-refractivity contribution in [3.63, 3.8) is 0 Å². The minimum Gasteiger partial charge on any atom is -0.486 e. The number of carbonyl (C=O) groups is 3. The summed E-state index contributed by atoms with van der Waals surface area (Å²) in [5, 5.41) is 9.87. The van der Waals surface area contributed by atoms with E-state index in [0.717, 1.165) is 6.42 Å². The number of para-hydroxylation sites is 1. The zero-order valence-corrected chi connectivity index (χ0v) is 16.8. The summed E-state index contributed by atoms with van der Waals surface area (Å²) in [7, 11) is 0. The molecule has 0 aromatic heterocycles. The van der Waals surface area contributed by atoms with Crippen LogP contribution in [0.5, 0.6) is 5.75 Å². The normalized spacial score (nSPS) is 28.6. The van der Waals surface area contributed by atoms with Crippen LogP contribution in [0.25, 0.3) is 0 Å². The summed E-state index contributed by atoms with van der Waals surface area (Å²) in [5.41, 5.74) is -0.0994. The first-order chi connectivity index (χ1) is 13.9. The van der Waals surface area contributed by atoms with Crippen LogP contribution in [0.2, 0.25) is 0 Å². The second kappa shape index (κ2) is 7.78. The van der Waals surface area contributed by atoms with Crippen molar-refractivity contribution in [2.45, 2.75) is 63.2 Å². The Morgan fingerprint density at radius 3 is 2.83 bits per heavy atom. The summed E-state index contributed by atoms with van der Waals surface area (Å²) >= 11 is 0. The fourth-order valence-corrected chi connectivity index (χ4v) is 4.74. The maximum Gasteiger partial charge on any atom is 0.245 e. The van der Waals surface area contributed by atoms with Crippen LogP contribution in [-0.4, -0.2) is 69.9 Å². The highest BCUT2D eigenvalue weighted by Crippen LogP contribution is 2.39. The first-order valence-electron chi connectivity index (χ1n) is 10.5. The zero-order valence-electron chi connectivity index (χ0n) is 16.8. The van der Waals surface area contributed by atoms with Crippen molar-refractivity contribution in [3.05, 3.63) is 29.8 Å². The molecule has 0 unspecified atom stereocenters. The molecule has 0 saturated carbocycles. The summed E-state index contributed by atoms with van der Waals surface area (Å²) in [6, 6.07) is 6.64. The van der Waals surface area contributed by atoms with Crippen molar-refractivity contribution in [2.75, 3.05) is 19.6 Å². The van der Waals surface area contributed by atoms with E-state index in [2.05, 4.69) is 0 Å². The molecule has 1 aromatic rings. The van der Waals surface area contributed by atoms with Gasteiger partial charge >= 0.3 is 0 Å². The Hall–Kier alpha value is -2.41. The number of fused-ring (bicyclic) bond motifs is 1. The predicted molar refractivity (Wildman–Crippen MR) is 106 cm³/mol. The minimum absolute atomic E-state index is 0.0409. The fourth-order valence-electron chi connectivity index (χ4n) is 4.74. The van der Waals surface area contributed by atoms with Gasteiger partial charge in [-0.1, -0.05) is 12.1 Å². The molecule has 3 heterocycles. The molecule has 29 heavy (non-hydrogen) atoms. The standard InChI is InChI=1S/C22H28N2O5/c1-15(21(28)23-11-4-5-16(25)14-23)24-12-10-22(9-8-20(24)27)13-18(26)17-6-2-3-7-19(17)29-22/h2-3,6-7,15-16,25H,4-5,8-14H2,1H3/t15-,16+,22-/m1/s1. The van der Waals surface area contributed by atoms with Crippen molar-refractivity contribution in [1.82, 2.24) is 9.80 Å². The van der Waals surface area contributed by atoms with Crippen molar-refractivity contribution in [2.24, 2.45) is 0 Å². The van der Waals surface area contributed by atoms with Gasteiger partial charge in [0.25, 0.3) is 0 Å². The second-order valence-electron chi connectivity index (χ2n) is 8.47. The Balaban J connectivity index is 1.48. The van der Waals surface area contributed by atoms with E-state index in [9.17, 15) is 19.5 Å². The number of nitrogens with zero attached hydrogens (tertiary/aromatic N) is 2. The lowest BCUT2D eigenvalue weighted by molar-refractivity contribution is -0.146. The lowest BCUT2D eigenvalue weighted by atomic mass is 9.84. The first kappa shape index (κ1) is 19.9. The van der Waals surface area contributed by atoms with Gasteiger partial charge in [-0.15, -0.1) is 0 Å². The van der Waals surface area contributed by atoms with Gasteiger partial charge in [0.1, 0.15) is 17.4 Å². The van der Waals surface area contributed by atoms with Gasteiger partial charge in [0.15, 0.2) is 5.78 Å². The number of β-amino-alcohol motifs (C(OH)–C–C–N with tert-alkyl or cyclic N) is 1. The molecule has 0 bridgehead atoms. The van der Waals surface area contributed by atoms with E-state index in [1.54, 1.807) is 28.9 Å². The van der Waals surface area contributed by atoms with Gasteiger partial charge in [0, 0.05) is 32.5 Å². The summed E-state index contributed by atoms with van der Waals surface area (Å²) in [6.45, 7) is 3.06. The lowest BCUT2D eigenvalue weighted by Crippen LogP contribution is -2.52. The van der Waals surface area contributed by atoms with Crippen LogP contribution in [-0.2, 0) is 9.59 Å². The Morgan fingerprint density at radius 1 is 1.24 bits per heavy atom. The van der Waals surface area contributed by atoms with E-state index in [4.69, 9.17) is 4.74 Å². The van der Waals surface area contributed by atoms with E-state index in [1.165, 1.54) is 0 Å². The number of Topliss-reactive ketones (excluding diaryl/α,β-unsaturated/α-hetero) is 1. The molecule has 2 amide bonds. The Labute approximate surface area is 170 Å². The summed E-state index contributed by atoms with van der Waals surface area (Å²) in [6.07, 6.45) is 2.46. The third-order valence-electron chi connectivity index (χ3n) is 6.45. The number of benzene rings is 1. The number of amides is 2. The van der Waals surface area contributed by atoms with Crippen molar-refractivity contribution < 1.29 is 24.2 Å². The monoisotopic (exact) mass is 400 g/mol. The molecule has 1 spiro atoms. The largest absolute Gasteiger partial charge is 0.486 e. The first-order valence-corrected chi connectivity index (χ1v) is 10.5. The number of aliphatic hydroxyl groups is 1. The van der Waals surface area contributed by atoms with Gasteiger partial charge in [0.2, 0.25) is 11.8 Å². The molecule has 3 aliphatic heterocycles. The number of rotatable bonds is 2. The van der Waals surface area contributed by atoms with Crippen LogP contribution < -0.4 is 4.74 Å². The van der Waals surface area contributed by atoms with Crippen LogP contribution in [0, 0.1) is 0 Å². The van der Waals surface area contributed by atoms with Gasteiger partial charge in [-0.05, 0) is 38.3 Å². The van der Waals surface area contributed by atoms with Gasteiger partial charge in [-0.3, -0.25) is 14.4 Å². The molecule has 4 rings (SSSR count). The number of carbonyl (C=O) groups excluding carboxylic acids is 3. The Morgan fingerprint density at radius 2 is 2.03 bits per heavy atom. The number of ether oxygens (including phenoxy) is 1. The van der Waals surface area contributed by atoms with Crippen LogP contribution in [0.4, 0.5) is 0 Å². The molecular formula is C22H28N2O5. The maximum atomic E-state index is 12.9. The van der Waals surface area contributed by atoms with E-state index in [0.29, 0.717) is 50.2 Å². The van der Waals surface area contributed by atoms with E-state index in [1.807, 2.05) is 12.1 Å². The Bertz CT molecular complexity index is 825. The third-order valence-corrected chi connectivity index (χ3v) is 6.45. The van der Waals surface area contributed by atoms with Gasteiger partial charge < -0.3 is 19.6 Å². The van der Waals surface area contributed by atoms with Crippen molar-refractivity contribution in [3.8, 4) is 5.75 Å². The zero-order chi connectivity index (χ0) is 20.6. The highest BCUT2D eigenvalue weighted by molar-refractivity contribution is 6.00. The number of likely N-dealkylation sites (tertiary alicyclic amines) is 2.